The summed E-state index contributed by atoms with van der Waals surface area (Å²) in [7, 11) is 1.89. The fourth-order valence-electron chi connectivity index (χ4n) is 1.35. The molecule has 0 saturated carbocycles. The Labute approximate surface area is 91.3 Å². The molecular formula is C9H11N5O2. The third-order valence-corrected chi connectivity index (χ3v) is 2.16. The van der Waals surface area contributed by atoms with Crippen molar-refractivity contribution in [3.8, 4) is 0 Å². The summed E-state index contributed by atoms with van der Waals surface area (Å²) in [6.45, 7) is 0.531. The molecule has 0 aliphatic rings. The fourth-order valence-corrected chi connectivity index (χ4v) is 1.35. The highest BCUT2D eigenvalue weighted by molar-refractivity contribution is 5.69. The van der Waals surface area contributed by atoms with Crippen molar-refractivity contribution in [1.82, 2.24) is 24.5 Å². The van der Waals surface area contributed by atoms with Crippen LogP contribution in [0, 0.1) is 0 Å². The first-order valence-electron chi connectivity index (χ1n) is 4.71. The number of imidazole rings is 1. The molecule has 0 atom stereocenters. The lowest BCUT2D eigenvalue weighted by Crippen LogP contribution is -2.04. The molecule has 84 valence electrons. The van der Waals surface area contributed by atoms with Crippen LogP contribution in [-0.2, 0) is 24.8 Å². The van der Waals surface area contributed by atoms with Crippen LogP contribution in [0.4, 0.5) is 0 Å². The minimum Gasteiger partial charge on any atom is -0.481 e. The summed E-state index contributed by atoms with van der Waals surface area (Å²) in [4.78, 5) is 14.4. The lowest BCUT2D eigenvalue weighted by atomic mass is 10.3. The predicted molar refractivity (Wildman–Crippen MR) is 53.7 cm³/mol. The Morgan fingerprint density at radius 1 is 1.56 bits per heavy atom. The average molecular weight is 221 g/mol. The van der Waals surface area contributed by atoms with Crippen LogP contribution < -0.4 is 0 Å². The van der Waals surface area contributed by atoms with Gasteiger partial charge in [-0.1, -0.05) is 5.21 Å². The maximum Gasteiger partial charge on any atom is 0.309 e. The van der Waals surface area contributed by atoms with Crippen molar-refractivity contribution in [3.63, 3.8) is 0 Å². The summed E-state index contributed by atoms with van der Waals surface area (Å²) in [5.74, 6) is -0.910. The van der Waals surface area contributed by atoms with E-state index < -0.39 is 5.97 Å². The van der Waals surface area contributed by atoms with Crippen LogP contribution in [0.1, 0.15) is 11.4 Å². The summed E-state index contributed by atoms with van der Waals surface area (Å²) < 4.78 is 3.47. The molecule has 0 unspecified atom stereocenters. The molecule has 0 aliphatic heterocycles. The molecule has 2 heterocycles. The van der Waals surface area contributed by atoms with Gasteiger partial charge in [0, 0.05) is 13.2 Å². The average Bonchev–Trinajstić information content (AvgIpc) is 2.77. The maximum atomic E-state index is 10.5. The van der Waals surface area contributed by atoms with Crippen molar-refractivity contribution < 1.29 is 9.90 Å². The monoisotopic (exact) mass is 221 g/mol. The Bertz CT molecular complexity index is 501. The normalized spacial score (nSPS) is 10.6. The van der Waals surface area contributed by atoms with Crippen LogP contribution in [-0.4, -0.2) is 35.6 Å². The summed E-state index contributed by atoms with van der Waals surface area (Å²) in [6, 6.07) is 0. The SMILES string of the molecule is Cn1cncc1Cn1cc(CC(=O)O)nn1. The van der Waals surface area contributed by atoms with E-state index in [9.17, 15) is 4.79 Å². The molecule has 0 aliphatic carbocycles. The van der Waals surface area contributed by atoms with Gasteiger partial charge in [0.2, 0.25) is 0 Å². The topological polar surface area (TPSA) is 85.8 Å². The van der Waals surface area contributed by atoms with Crippen LogP contribution in [0.2, 0.25) is 0 Å². The Kier molecular flexibility index (Phi) is 2.67. The highest BCUT2D eigenvalue weighted by Crippen LogP contribution is 2.01. The minimum atomic E-state index is -0.910. The molecular weight excluding hydrogens is 210 g/mol. The van der Waals surface area contributed by atoms with E-state index in [2.05, 4.69) is 15.3 Å². The number of rotatable bonds is 4. The quantitative estimate of drug-likeness (QED) is 0.765. The standard InChI is InChI=1S/C9H11N5O2/c1-13-6-10-3-8(13)5-14-4-7(11-12-14)2-9(15)16/h3-4,6H,2,5H2,1H3,(H,15,16). The number of carboxylic acid groups (broad SMARTS) is 1. The van der Waals surface area contributed by atoms with E-state index in [1.54, 1.807) is 23.4 Å². The highest BCUT2D eigenvalue weighted by Gasteiger charge is 2.06. The molecule has 2 aromatic heterocycles. The molecule has 0 spiro atoms. The van der Waals surface area contributed by atoms with Crippen LogP contribution in [0.3, 0.4) is 0 Å². The van der Waals surface area contributed by atoms with E-state index in [1.807, 2.05) is 11.6 Å². The van der Waals surface area contributed by atoms with Gasteiger partial charge in [0.25, 0.3) is 0 Å². The third-order valence-electron chi connectivity index (χ3n) is 2.16. The van der Waals surface area contributed by atoms with Crippen molar-refractivity contribution >= 4 is 5.97 Å². The van der Waals surface area contributed by atoms with E-state index in [-0.39, 0.29) is 6.42 Å². The van der Waals surface area contributed by atoms with Crippen LogP contribution >= 0.6 is 0 Å². The van der Waals surface area contributed by atoms with Crippen molar-refractivity contribution in [1.29, 1.82) is 0 Å². The number of hydrogen-bond acceptors (Lipinski definition) is 4. The number of aliphatic carboxylic acids is 1. The summed E-state index contributed by atoms with van der Waals surface area (Å²) in [5.41, 5.74) is 1.43. The van der Waals surface area contributed by atoms with E-state index in [0.717, 1.165) is 5.69 Å². The lowest BCUT2D eigenvalue weighted by molar-refractivity contribution is -0.136. The molecule has 0 bridgehead atoms. The zero-order valence-electron chi connectivity index (χ0n) is 8.74. The number of aromatic nitrogens is 5. The summed E-state index contributed by atoms with van der Waals surface area (Å²) >= 11 is 0. The molecule has 7 nitrogen and oxygen atoms in total. The molecule has 0 radical (unpaired) electrons. The van der Waals surface area contributed by atoms with E-state index in [0.29, 0.717) is 12.2 Å². The Hall–Kier alpha value is -2.18. The number of carbonyl (C=O) groups is 1. The number of carboxylic acids is 1. The van der Waals surface area contributed by atoms with Crippen LogP contribution in [0.5, 0.6) is 0 Å². The molecule has 0 amide bonds. The van der Waals surface area contributed by atoms with Gasteiger partial charge in [0.05, 0.1) is 36.9 Å². The second kappa shape index (κ2) is 4.13. The second-order valence-electron chi connectivity index (χ2n) is 3.47. The Morgan fingerprint density at radius 3 is 3.00 bits per heavy atom. The summed E-state index contributed by atoms with van der Waals surface area (Å²) in [5, 5.41) is 16.2. The van der Waals surface area contributed by atoms with Crippen LogP contribution in [0.15, 0.2) is 18.7 Å². The molecule has 0 saturated heterocycles. The first-order valence-corrected chi connectivity index (χ1v) is 4.71. The molecule has 2 aromatic rings. The van der Waals surface area contributed by atoms with Gasteiger partial charge in [-0.25, -0.2) is 9.67 Å². The minimum absolute atomic E-state index is 0.106. The van der Waals surface area contributed by atoms with Crippen LogP contribution in [0.25, 0.3) is 0 Å². The van der Waals surface area contributed by atoms with Gasteiger partial charge in [0.1, 0.15) is 0 Å². The first-order chi connectivity index (χ1) is 7.65. The summed E-state index contributed by atoms with van der Waals surface area (Å²) in [6.07, 6.45) is 4.95. The smallest absolute Gasteiger partial charge is 0.309 e. The van der Waals surface area contributed by atoms with Gasteiger partial charge < -0.3 is 9.67 Å². The predicted octanol–water partition coefficient (Wildman–Crippen LogP) is -0.313. The molecule has 2 rings (SSSR count). The maximum absolute atomic E-state index is 10.5. The molecule has 16 heavy (non-hydrogen) atoms. The zero-order chi connectivity index (χ0) is 11.5. The molecule has 0 fully saturated rings. The van der Waals surface area contributed by atoms with Gasteiger partial charge in [-0.15, -0.1) is 5.10 Å². The van der Waals surface area contributed by atoms with Gasteiger partial charge in [0.15, 0.2) is 0 Å². The highest BCUT2D eigenvalue weighted by atomic mass is 16.4. The van der Waals surface area contributed by atoms with Crippen molar-refractivity contribution in [2.24, 2.45) is 7.05 Å². The van der Waals surface area contributed by atoms with Gasteiger partial charge in [-0.2, -0.15) is 0 Å². The molecule has 7 heteroatoms. The van der Waals surface area contributed by atoms with Gasteiger partial charge in [-0.05, 0) is 0 Å². The number of aryl methyl sites for hydroxylation is 1. The molecule has 1 N–H and O–H groups in total. The fraction of sp³-hybridized carbons (Fsp3) is 0.333. The molecule has 0 aromatic carbocycles. The van der Waals surface area contributed by atoms with E-state index >= 15 is 0 Å². The largest absolute Gasteiger partial charge is 0.481 e. The van der Waals surface area contributed by atoms with Crippen molar-refractivity contribution in [2.75, 3.05) is 0 Å². The van der Waals surface area contributed by atoms with Crippen molar-refractivity contribution in [3.05, 3.63) is 30.1 Å². The van der Waals surface area contributed by atoms with Gasteiger partial charge >= 0.3 is 5.97 Å². The van der Waals surface area contributed by atoms with E-state index in [1.165, 1.54) is 0 Å². The lowest BCUT2D eigenvalue weighted by Gasteiger charge is -2.00. The Balaban J connectivity index is 2.08. The third kappa shape index (κ3) is 2.25. The second-order valence-corrected chi connectivity index (χ2v) is 3.47. The van der Waals surface area contributed by atoms with Crippen molar-refractivity contribution in [2.45, 2.75) is 13.0 Å². The van der Waals surface area contributed by atoms with E-state index in [4.69, 9.17) is 5.11 Å². The first kappa shape index (κ1) is 10.3. The van der Waals surface area contributed by atoms with Gasteiger partial charge in [-0.3, -0.25) is 4.79 Å². The number of nitrogens with zero attached hydrogens (tertiary/aromatic N) is 5. The Morgan fingerprint density at radius 2 is 2.38 bits per heavy atom. The zero-order valence-corrected chi connectivity index (χ0v) is 8.74. The number of hydrogen-bond donors (Lipinski definition) is 1.